The third-order valence-corrected chi connectivity index (χ3v) is 4.09. The number of hydrogen-bond acceptors (Lipinski definition) is 2. The lowest BCUT2D eigenvalue weighted by Gasteiger charge is -2.06. The van der Waals surface area contributed by atoms with E-state index in [1.807, 2.05) is 24.3 Å². The molecule has 3 rings (SSSR count). The fourth-order valence-electron chi connectivity index (χ4n) is 2.20. The molecule has 0 fully saturated rings. The molecule has 0 aliphatic heterocycles. The van der Waals surface area contributed by atoms with Gasteiger partial charge in [0, 0.05) is 17.5 Å². The number of halogens is 2. The Kier molecular flexibility index (Phi) is 4.32. The number of nitrogens with one attached hydrogen (secondary N) is 2. The number of carbonyl (C=O) groups is 1. The van der Waals surface area contributed by atoms with Crippen LogP contribution >= 0.6 is 23.2 Å². The lowest BCUT2D eigenvalue weighted by Crippen LogP contribution is -2.12. The van der Waals surface area contributed by atoms with Crippen molar-refractivity contribution >= 4 is 45.7 Å². The highest BCUT2D eigenvalue weighted by Gasteiger charge is 2.06. The Labute approximate surface area is 137 Å². The highest BCUT2D eigenvalue weighted by Crippen LogP contribution is 2.23. The molecule has 0 aliphatic rings. The van der Waals surface area contributed by atoms with Crippen LogP contribution in [0.15, 0.2) is 42.6 Å². The molecule has 0 atom stereocenters. The summed E-state index contributed by atoms with van der Waals surface area (Å²) in [5.41, 5.74) is 2.68. The summed E-state index contributed by atoms with van der Waals surface area (Å²) in [4.78, 5) is 12.0. The number of nitrogens with zero attached hydrogens (tertiary/aromatic N) is 1. The lowest BCUT2D eigenvalue weighted by atomic mass is 10.1. The second-order valence-electron chi connectivity index (χ2n) is 4.97. The Morgan fingerprint density at radius 3 is 2.82 bits per heavy atom. The van der Waals surface area contributed by atoms with E-state index in [2.05, 4.69) is 15.5 Å². The number of anilines is 1. The minimum atomic E-state index is -0.0473. The van der Waals surface area contributed by atoms with E-state index in [9.17, 15) is 4.79 Å². The molecule has 0 saturated heterocycles. The number of rotatable bonds is 4. The van der Waals surface area contributed by atoms with Gasteiger partial charge in [0.15, 0.2) is 0 Å². The van der Waals surface area contributed by atoms with Crippen LogP contribution in [-0.4, -0.2) is 16.1 Å². The van der Waals surface area contributed by atoms with Gasteiger partial charge in [-0.2, -0.15) is 5.10 Å². The van der Waals surface area contributed by atoms with Crippen molar-refractivity contribution in [2.24, 2.45) is 0 Å². The summed E-state index contributed by atoms with van der Waals surface area (Å²) in [6.45, 7) is 0. The highest BCUT2D eigenvalue weighted by atomic mass is 35.5. The highest BCUT2D eigenvalue weighted by molar-refractivity contribution is 6.42. The molecule has 1 amide bonds. The lowest BCUT2D eigenvalue weighted by molar-refractivity contribution is -0.116. The zero-order valence-electron chi connectivity index (χ0n) is 11.6. The molecule has 6 heteroatoms. The van der Waals surface area contributed by atoms with Crippen molar-refractivity contribution in [3.63, 3.8) is 0 Å². The average Bonchev–Trinajstić information content (AvgIpc) is 2.96. The van der Waals surface area contributed by atoms with E-state index >= 15 is 0 Å². The summed E-state index contributed by atoms with van der Waals surface area (Å²) in [5, 5.41) is 11.7. The van der Waals surface area contributed by atoms with Crippen LogP contribution in [0.5, 0.6) is 0 Å². The molecule has 1 heterocycles. The van der Waals surface area contributed by atoms with Gasteiger partial charge in [0.2, 0.25) is 5.91 Å². The maximum absolute atomic E-state index is 12.0. The van der Waals surface area contributed by atoms with E-state index in [1.54, 1.807) is 18.3 Å². The molecular formula is C16H13Cl2N3O. The summed E-state index contributed by atoms with van der Waals surface area (Å²) in [7, 11) is 0. The Hall–Kier alpha value is -2.04. The van der Waals surface area contributed by atoms with Crippen molar-refractivity contribution in [3.05, 3.63) is 58.2 Å². The van der Waals surface area contributed by atoms with E-state index in [1.165, 1.54) is 0 Å². The summed E-state index contributed by atoms with van der Waals surface area (Å²) in [6, 6.07) is 11.0. The minimum Gasteiger partial charge on any atom is -0.326 e. The summed E-state index contributed by atoms with van der Waals surface area (Å²) >= 11 is 11.8. The van der Waals surface area contributed by atoms with Gasteiger partial charge in [0.1, 0.15) is 0 Å². The zero-order valence-corrected chi connectivity index (χ0v) is 13.1. The first-order valence-corrected chi connectivity index (χ1v) is 7.54. The number of aryl methyl sites for hydroxylation is 1. The van der Waals surface area contributed by atoms with Gasteiger partial charge in [0.05, 0.1) is 21.8 Å². The van der Waals surface area contributed by atoms with Crippen molar-refractivity contribution in [2.45, 2.75) is 12.8 Å². The Balaban J connectivity index is 1.60. The van der Waals surface area contributed by atoms with Crippen molar-refractivity contribution in [3.8, 4) is 0 Å². The number of fused-ring (bicyclic) bond motifs is 1. The fourth-order valence-corrected chi connectivity index (χ4v) is 2.52. The Bertz CT molecular complexity index is 829. The van der Waals surface area contributed by atoms with Crippen molar-refractivity contribution in [1.82, 2.24) is 10.2 Å². The van der Waals surface area contributed by atoms with Crippen LogP contribution in [0.1, 0.15) is 12.0 Å². The van der Waals surface area contributed by atoms with E-state index < -0.39 is 0 Å². The second-order valence-corrected chi connectivity index (χ2v) is 5.78. The molecule has 22 heavy (non-hydrogen) atoms. The van der Waals surface area contributed by atoms with Crippen LogP contribution in [0.4, 0.5) is 5.69 Å². The first kappa shape index (κ1) is 14.9. The Morgan fingerprint density at radius 2 is 2.00 bits per heavy atom. The molecule has 0 saturated carbocycles. The summed E-state index contributed by atoms with van der Waals surface area (Å²) in [5.74, 6) is -0.0473. The Morgan fingerprint density at radius 1 is 1.14 bits per heavy atom. The quantitative estimate of drug-likeness (QED) is 0.741. The first-order valence-electron chi connectivity index (χ1n) is 6.79. The normalized spacial score (nSPS) is 10.8. The van der Waals surface area contributed by atoms with Crippen LogP contribution in [0, 0.1) is 0 Å². The first-order chi connectivity index (χ1) is 10.6. The molecular weight excluding hydrogens is 321 g/mol. The van der Waals surface area contributed by atoms with Gasteiger partial charge in [-0.3, -0.25) is 9.89 Å². The molecule has 0 unspecified atom stereocenters. The molecule has 112 valence electrons. The topological polar surface area (TPSA) is 57.8 Å². The largest absolute Gasteiger partial charge is 0.326 e. The molecule has 3 aromatic rings. The minimum absolute atomic E-state index is 0.0473. The van der Waals surface area contributed by atoms with E-state index in [0.717, 1.165) is 22.2 Å². The predicted molar refractivity (Wildman–Crippen MR) is 89.5 cm³/mol. The van der Waals surface area contributed by atoms with Gasteiger partial charge < -0.3 is 5.32 Å². The van der Waals surface area contributed by atoms with Crippen LogP contribution in [0.3, 0.4) is 0 Å². The van der Waals surface area contributed by atoms with Gasteiger partial charge in [-0.1, -0.05) is 29.3 Å². The fraction of sp³-hybridized carbons (Fsp3) is 0.125. The van der Waals surface area contributed by atoms with Gasteiger partial charge in [-0.15, -0.1) is 0 Å². The molecule has 1 aromatic heterocycles. The third kappa shape index (κ3) is 3.40. The maximum Gasteiger partial charge on any atom is 0.224 e. The predicted octanol–water partition coefficient (Wildman–Crippen LogP) is 4.44. The molecule has 2 aromatic carbocycles. The number of carbonyl (C=O) groups excluding carboxylic acids is 1. The van der Waals surface area contributed by atoms with Gasteiger partial charge in [0.25, 0.3) is 0 Å². The van der Waals surface area contributed by atoms with Crippen LogP contribution in [0.2, 0.25) is 10.0 Å². The van der Waals surface area contributed by atoms with E-state index in [-0.39, 0.29) is 5.91 Å². The van der Waals surface area contributed by atoms with Gasteiger partial charge >= 0.3 is 0 Å². The molecule has 0 bridgehead atoms. The van der Waals surface area contributed by atoms with Gasteiger partial charge in [-0.05, 0) is 42.3 Å². The standard InChI is InChI=1S/C16H13Cl2N3O/c17-13-4-1-10(7-14(13)18)2-6-16(22)20-12-3-5-15-11(8-12)9-19-21-15/h1,3-5,7-9H,2,6H2,(H,19,21)(H,20,22). The maximum atomic E-state index is 12.0. The van der Waals surface area contributed by atoms with Crippen LogP contribution < -0.4 is 5.32 Å². The van der Waals surface area contributed by atoms with E-state index in [0.29, 0.717) is 22.9 Å². The van der Waals surface area contributed by atoms with Crippen molar-refractivity contribution in [2.75, 3.05) is 5.32 Å². The molecule has 0 radical (unpaired) electrons. The molecule has 0 spiro atoms. The van der Waals surface area contributed by atoms with Crippen LogP contribution in [0.25, 0.3) is 10.9 Å². The molecule has 0 aliphatic carbocycles. The monoisotopic (exact) mass is 333 g/mol. The van der Waals surface area contributed by atoms with Crippen molar-refractivity contribution < 1.29 is 4.79 Å². The number of aromatic nitrogens is 2. The molecule has 4 nitrogen and oxygen atoms in total. The number of aromatic amines is 1. The van der Waals surface area contributed by atoms with Crippen LogP contribution in [-0.2, 0) is 11.2 Å². The average molecular weight is 334 g/mol. The second kappa shape index (κ2) is 6.38. The third-order valence-electron chi connectivity index (χ3n) is 3.35. The number of hydrogen-bond donors (Lipinski definition) is 2. The smallest absolute Gasteiger partial charge is 0.224 e. The summed E-state index contributed by atoms with van der Waals surface area (Å²) < 4.78 is 0. The zero-order chi connectivity index (χ0) is 15.5. The van der Waals surface area contributed by atoms with Gasteiger partial charge in [-0.25, -0.2) is 0 Å². The number of H-pyrrole nitrogens is 1. The number of benzene rings is 2. The summed E-state index contributed by atoms with van der Waals surface area (Å²) in [6.07, 6.45) is 2.71. The SMILES string of the molecule is O=C(CCc1ccc(Cl)c(Cl)c1)Nc1ccc2[nH]ncc2c1. The van der Waals surface area contributed by atoms with Crippen molar-refractivity contribution in [1.29, 1.82) is 0 Å². The molecule has 2 N–H and O–H groups in total. The van der Waals surface area contributed by atoms with E-state index in [4.69, 9.17) is 23.2 Å². The number of amides is 1.